The van der Waals surface area contributed by atoms with Gasteiger partial charge in [0.1, 0.15) is 5.51 Å². The molecule has 0 radical (unpaired) electrons. The van der Waals surface area contributed by atoms with Gasteiger partial charge in [-0.1, -0.05) is 23.1 Å². The lowest BCUT2D eigenvalue weighted by Crippen LogP contribution is -2.27. The Kier molecular flexibility index (Phi) is 6.09. The summed E-state index contributed by atoms with van der Waals surface area (Å²) < 4.78 is 1.06. The molecule has 0 aliphatic rings. The molecular weight excluding hydrogens is 216 g/mol. The minimum Gasteiger partial charge on any atom is -0.315 e. The molecule has 1 aromatic heterocycles. The van der Waals surface area contributed by atoms with E-state index in [1.807, 2.05) is 0 Å². The summed E-state index contributed by atoms with van der Waals surface area (Å²) in [5, 5.41) is 11.1. The normalized spacial score (nSPS) is 11.1. The van der Waals surface area contributed by atoms with Crippen molar-refractivity contribution in [2.45, 2.75) is 4.34 Å². The average molecular weight is 232 g/mol. The lowest BCUT2D eigenvalue weighted by Gasteiger charge is -2.09. The first-order valence-electron chi connectivity index (χ1n) is 4.53. The fourth-order valence-electron chi connectivity index (χ4n) is 0.864. The third kappa shape index (κ3) is 5.54. The second-order valence-electron chi connectivity index (χ2n) is 3.11. The first-order chi connectivity index (χ1) is 6.79. The van der Waals surface area contributed by atoms with Crippen molar-refractivity contribution in [1.29, 1.82) is 0 Å². The average Bonchev–Trinajstić information content (AvgIpc) is 2.63. The first kappa shape index (κ1) is 11.9. The third-order valence-electron chi connectivity index (χ3n) is 1.58. The summed E-state index contributed by atoms with van der Waals surface area (Å²) in [4.78, 5) is 2.17. The van der Waals surface area contributed by atoms with Crippen molar-refractivity contribution in [2.75, 3.05) is 39.5 Å². The number of rotatable bonds is 7. The molecular formula is C8H16N4S2. The Labute approximate surface area is 93.1 Å². The summed E-state index contributed by atoms with van der Waals surface area (Å²) in [7, 11) is 4.16. The van der Waals surface area contributed by atoms with E-state index in [1.54, 1.807) is 28.6 Å². The third-order valence-corrected chi connectivity index (χ3v) is 3.44. The maximum atomic E-state index is 3.96. The van der Waals surface area contributed by atoms with Crippen molar-refractivity contribution in [3.05, 3.63) is 5.51 Å². The van der Waals surface area contributed by atoms with Crippen LogP contribution in [-0.4, -0.2) is 54.6 Å². The van der Waals surface area contributed by atoms with Gasteiger partial charge >= 0.3 is 0 Å². The largest absolute Gasteiger partial charge is 0.315 e. The fourth-order valence-corrected chi connectivity index (χ4v) is 2.32. The summed E-state index contributed by atoms with van der Waals surface area (Å²) in [5.74, 6) is 1.06. The molecule has 0 aliphatic heterocycles. The summed E-state index contributed by atoms with van der Waals surface area (Å²) in [6, 6.07) is 0. The van der Waals surface area contributed by atoms with Gasteiger partial charge in [-0.25, -0.2) is 0 Å². The minimum absolute atomic E-state index is 1.03. The van der Waals surface area contributed by atoms with Crippen LogP contribution in [0.3, 0.4) is 0 Å². The lowest BCUT2D eigenvalue weighted by molar-refractivity contribution is 0.403. The maximum Gasteiger partial charge on any atom is 0.174 e. The predicted molar refractivity (Wildman–Crippen MR) is 62.1 cm³/mol. The van der Waals surface area contributed by atoms with E-state index < -0.39 is 0 Å². The van der Waals surface area contributed by atoms with E-state index in [0.29, 0.717) is 0 Å². The number of hydrogen-bond donors (Lipinski definition) is 1. The van der Waals surface area contributed by atoms with Crippen molar-refractivity contribution in [1.82, 2.24) is 20.4 Å². The van der Waals surface area contributed by atoms with E-state index >= 15 is 0 Å². The maximum absolute atomic E-state index is 3.96. The summed E-state index contributed by atoms with van der Waals surface area (Å²) in [5.41, 5.74) is 1.77. The monoisotopic (exact) mass is 232 g/mol. The Balaban J connectivity index is 1.90. The lowest BCUT2D eigenvalue weighted by atomic mass is 10.5. The van der Waals surface area contributed by atoms with Crippen molar-refractivity contribution >= 4 is 23.1 Å². The minimum atomic E-state index is 1.03. The second-order valence-corrected chi connectivity index (χ2v) is 5.28. The zero-order valence-corrected chi connectivity index (χ0v) is 10.2. The van der Waals surface area contributed by atoms with Gasteiger partial charge in [0.2, 0.25) is 0 Å². The van der Waals surface area contributed by atoms with Gasteiger partial charge in [-0.2, -0.15) is 0 Å². The Hall–Kier alpha value is -0.170. The molecule has 1 rings (SSSR count). The standard InChI is InChI=1S/C8H16N4S2/c1-12(2)5-3-9-4-6-13-8-11-10-7-14-8/h7,9H,3-6H2,1-2H3. The topological polar surface area (TPSA) is 41.0 Å². The molecule has 1 heterocycles. The summed E-state index contributed by atoms with van der Waals surface area (Å²) in [6.45, 7) is 3.16. The van der Waals surface area contributed by atoms with Crippen molar-refractivity contribution in [2.24, 2.45) is 0 Å². The molecule has 0 atom stereocenters. The first-order valence-corrected chi connectivity index (χ1v) is 6.40. The van der Waals surface area contributed by atoms with E-state index in [1.165, 1.54) is 0 Å². The number of aromatic nitrogens is 2. The van der Waals surface area contributed by atoms with Crippen LogP contribution in [0.2, 0.25) is 0 Å². The Bertz CT molecular complexity index is 225. The molecule has 0 fully saturated rings. The molecule has 0 aliphatic carbocycles. The number of thioether (sulfide) groups is 1. The van der Waals surface area contributed by atoms with Gasteiger partial charge in [0.25, 0.3) is 0 Å². The molecule has 1 aromatic rings. The highest BCUT2D eigenvalue weighted by Crippen LogP contribution is 2.17. The molecule has 0 aromatic carbocycles. The smallest absolute Gasteiger partial charge is 0.174 e. The molecule has 80 valence electrons. The molecule has 0 saturated heterocycles. The van der Waals surface area contributed by atoms with Crippen LogP contribution in [-0.2, 0) is 0 Å². The quantitative estimate of drug-likeness (QED) is 0.556. The van der Waals surface area contributed by atoms with Crippen LogP contribution < -0.4 is 5.32 Å². The number of hydrogen-bond acceptors (Lipinski definition) is 6. The molecule has 6 heteroatoms. The van der Waals surface area contributed by atoms with Gasteiger partial charge in [0, 0.05) is 25.4 Å². The van der Waals surface area contributed by atoms with E-state index in [-0.39, 0.29) is 0 Å². The summed E-state index contributed by atoms with van der Waals surface area (Å²) >= 11 is 3.35. The van der Waals surface area contributed by atoms with Crippen LogP contribution in [0.15, 0.2) is 9.85 Å². The molecule has 4 nitrogen and oxygen atoms in total. The zero-order chi connectivity index (χ0) is 10.2. The number of nitrogens with zero attached hydrogens (tertiary/aromatic N) is 3. The highest BCUT2D eigenvalue weighted by atomic mass is 32.2. The van der Waals surface area contributed by atoms with Crippen molar-refractivity contribution in [3.63, 3.8) is 0 Å². The second kappa shape index (κ2) is 7.17. The van der Waals surface area contributed by atoms with E-state index in [0.717, 1.165) is 29.7 Å². The predicted octanol–water partition coefficient (Wildman–Crippen LogP) is 0.781. The van der Waals surface area contributed by atoms with E-state index in [9.17, 15) is 0 Å². The van der Waals surface area contributed by atoms with E-state index in [4.69, 9.17) is 0 Å². The molecule has 0 unspecified atom stereocenters. The Morgan fingerprint density at radius 1 is 1.50 bits per heavy atom. The fraction of sp³-hybridized carbons (Fsp3) is 0.750. The number of likely N-dealkylation sites (N-methyl/N-ethyl adjacent to an activating group) is 1. The van der Waals surface area contributed by atoms with Crippen LogP contribution in [0.25, 0.3) is 0 Å². The Morgan fingerprint density at radius 2 is 2.36 bits per heavy atom. The van der Waals surface area contributed by atoms with Crippen molar-refractivity contribution < 1.29 is 0 Å². The molecule has 14 heavy (non-hydrogen) atoms. The van der Waals surface area contributed by atoms with E-state index in [2.05, 4.69) is 34.5 Å². The number of nitrogens with one attached hydrogen (secondary N) is 1. The summed E-state index contributed by atoms with van der Waals surface area (Å²) in [6.07, 6.45) is 0. The van der Waals surface area contributed by atoms with Gasteiger partial charge in [-0.3, -0.25) is 0 Å². The molecule has 0 bridgehead atoms. The van der Waals surface area contributed by atoms with Crippen LogP contribution >= 0.6 is 23.1 Å². The molecule has 0 spiro atoms. The van der Waals surface area contributed by atoms with Crippen LogP contribution in [0.4, 0.5) is 0 Å². The van der Waals surface area contributed by atoms with Crippen LogP contribution in [0, 0.1) is 0 Å². The SMILES string of the molecule is CN(C)CCNCCSc1nncs1. The van der Waals surface area contributed by atoms with Crippen LogP contribution in [0.1, 0.15) is 0 Å². The zero-order valence-electron chi connectivity index (χ0n) is 8.56. The molecule has 1 N–H and O–H groups in total. The van der Waals surface area contributed by atoms with Gasteiger partial charge in [0.05, 0.1) is 0 Å². The molecule has 0 saturated carbocycles. The highest BCUT2D eigenvalue weighted by molar-refractivity contribution is 8.01. The Morgan fingerprint density at radius 3 is 3.00 bits per heavy atom. The van der Waals surface area contributed by atoms with Crippen molar-refractivity contribution in [3.8, 4) is 0 Å². The van der Waals surface area contributed by atoms with Crippen LogP contribution in [0.5, 0.6) is 0 Å². The van der Waals surface area contributed by atoms with Gasteiger partial charge in [-0.15, -0.1) is 10.2 Å². The molecule has 0 amide bonds. The van der Waals surface area contributed by atoms with Gasteiger partial charge in [-0.05, 0) is 14.1 Å². The van der Waals surface area contributed by atoms with Gasteiger partial charge < -0.3 is 10.2 Å². The highest BCUT2D eigenvalue weighted by Gasteiger charge is 1.96. The van der Waals surface area contributed by atoms with Gasteiger partial charge in [0.15, 0.2) is 4.34 Å².